The fraction of sp³-hybridized carbons (Fsp3) is 0.500. The Bertz CT molecular complexity index is 278. The molecule has 0 aliphatic carbocycles. The lowest BCUT2D eigenvalue weighted by Crippen LogP contribution is -2.15. The van der Waals surface area contributed by atoms with E-state index in [1.165, 1.54) is 0 Å². The molecule has 1 aromatic heterocycles. The summed E-state index contributed by atoms with van der Waals surface area (Å²) in [6.07, 6.45) is 0.687. The summed E-state index contributed by atoms with van der Waals surface area (Å²) in [7, 11) is 0. The lowest BCUT2D eigenvalue weighted by atomic mass is 10.4. The molecule has 0 amide bonds. The Kier molecular flexibility index (Phi) is 3.22. The van der Waals surface area contributed by atoms with Gasteiger partial charge in [-0.05, 0) is 13.8 Å². The molecule has 0 atom stereocenters. The second-order valence-electron chi connectivity index (χ2n) is 2.53. The predicted molar refractivity (Wildman–Crippen MR) is 52.7 cm³/mol. The van der Waals surface area contributed by atoms with E-state index in [9.17, 15) is 0 Å². The number of hydrogen-bond donors (Lipinski definition) is 1. The third kappa shape index (κ3) is 2.62. The van der Waals surface area contributed by atoms with Gasteiger partial charge in [-0.3, -0.25) is 4.99 Å². The van der Waals surface area contributed by atoms with Gasteiger partial charge in [0, 0.05) is 17.6 Å². The van der Waals surface area contributed by atoms with Crippen molar-refractivity contribution in [3.8, 4) is 0 Å². The minimum Gasteiger partial charge on any atom is -0.387 e. The average Bonchev–Trinajstić information content (AvgIpc) is 2.36. The van der Waals surface area contributed by atoms with Gasteiger partial charge in [0.25, 0.3) is 0 Å². The van der Waals surface area contributed by atoms with Crippen molar-refractivity contribution in [2.75, 3.05) is 6.54 Å². The third-order valence-electron chi connectivity index (χ3n) is 1.36. The van der Waals surface area contributed by atoms with Crippen LogP contribution in [0, 0.1) is 6.92 Å². The van der Waals surface area contributed by atoms with Crippen LogP contribution in [0.3, 0.4) is 0 Å². The van der Waals surface area contributed by atoms with Crippen LogP contribution in [-0.2, 0) is 6.42 Å². The predicted octanol–water partition coefficient (Wildman–Crippen LogP) is 1.37. The molecule has 4 heteroatoms. The summed E-state index contributed by atoms with van der Waals surface area (Å²) in [5.41, 5.74) is 6.70. The van der Waals surface area contributed by atoms with Crippen LogP contribution in [0.1, 0.15) is 17.6 Å². The fourth-order valence-corrected chi connectivity index (χ4v) is 1.69. The number of nitrogens with zero attached hydrogens (tertiary/aromatic N) is 2. The molecule has 0 fully saturated rings. The van der Waals surface area contributed by atoms with Crippen LogP contribution in [0.25, 0.3) is 0 Å². The number of hydrogen-bond acceptors (Lipinski definition) is 3. The number of aromatic nitrogens is 1. The smallest absolute Gasteiger partial charge is 0.101 e. The standard InChI is InChI=1S/C8H13N3S/c1-3-10-7(9)4-8-11-6(2)5-12-8/h5H,3-4H2,1-2H3,(H2,9,10). The lowest BCUT2D eigenvalue weighted by molar-refractivity contribution is 1.08. The summed E-state index contributed by atoms with van der Waals surface area (Å²) < 4.78 is 0. The van der Waals surface area contributed by atoms with Crippen molar-refractivity contribution >= 4 is 17.2 Å². The van der Waals surface area contributed by atoms with Crippen LogP contribution < -0.4 is 5.73 Å². The zero-order valence-electron chi connectivity index (χ0n) is 7.37. The molecule has 0 unspecified atom stereocenters. The largest absolute Gasteiger partial charge is 0.387 e. The number of rotatable bonds is 3. The summed E-state index contributed by atoms with van der Waals surface area (Å²) in [4.78, 5) is 8.38. The van der Waals surface area contributed by atoms with Gasteiger partial charge in [-0.25, -0.2) is 4.98 Å². The maximum Gasteiger partial charge on any atom is 0.101 e. The molecule has 1 rings (SSSR count). The van der Waals surface area contributed by atoms with Gasteiger partial charge in [-0.1, -0.05) is 0 Å². The van der Waals surface area contributed by atoms with Crippen molar-refractivity contribution in [3.63, 3.8) is 0 Å². The van der Waals surface area contributed by atoms with E-state index in [0.717, 1.165) is 17.2 Å². The van der Waals surface area contributed by atoms with Crippen LogP contribution >= 0.6 is 11.3 Å². The second kappa shape index (κ2) is 4.21. The van der Waals surface area contributed by atoms with Crippen LogP contribution in [0.5, 0.6) is 0 Å². The fourth-order valence-electron chi connectivity index (χ4n) is 0.898. The van der Waals surface area contributed by atoms with E-state index >= 15 is 0 Å². The molecule has 0 saturated carbocycles. The van der Waals surface area contributed by atoms with E-state index in [0.29, 0.717) is 12.3 Å². The van der Waals surface area contributed by atoms with Gasteiger partial charge in [0.2, 0.25) is 0 Å². The minimum atomic E-state index is 0.673. The Morgan fingerprint density at radius 2 is 2.50 bits per heavy atom. The molecule has 12 heavy (non-hydrogen) atoms. The number of thiazole rings is 1. The van der Waals surface area contributed by atoms with Crippen molar-refractivity contribution in [2.45, 2.75) is 20.3 Å². The molecule has 0 aliphatic rings. The summed E-state index contributed by atoms with van der Waals surface area (Å²) >= 11 is 1.63. The Morgan fingerprint density at radius 1 is 1.75 bits per heavy atom. The molecular formula is C8H13N3S. The highest BCUT2D eigenvalue weighted by Gasteiger charge is 2.00. The number of nitrogens with two attached hydrogens (primary N) is 1. The second-order valence-corrected chi connectivity index (χ2v) is 3.47. The van der Waals surface area contributed by atoms with Crippen LogP contribution in [0.4, 0.5) is 0 Å². The molecular weight excluding hydrogens is 170 g/mol. The van der Waals surface area contributed by atoms with E-state index in [1.807, 2.05) is 19.2 Å². The zero-order valence-corrected chi connectivity index (χ0v) is 8.19. The molecule has 1 aromatic rings. The molecule has 0 aliphatic heterocycles. The van der Waals surface area contributed by atoms with Gasteiger partial charge >= 0.3 is 0 Å². The lowest BCUT2D eigenvalue weighted by Gasteiger charge is -1.94. The maximum absolute atomic E-state index is 5.64. The normalized spacial score (nSPS) is 12.0. The van der Waals surface area contributed by atoms with Crippen LogP contribution in [0.15, 0.2) is 10.4 Å². The van der Waals surface area contributed by atoms with Gasteiger partial charge in [-0.2, -0.15) is 0 Å². The van der Waals surface area contributed by atoms with Crippen molar-refractivity contribution in [1.29, 1.82) is 0 Å². The van der Waals surface area contributed by atoms with E-state index in [2.05, 4.69) is 9.98 Å². The monoisotopic (exact) mass is 183 g/mol. The maximum atomic E-state index is 5.64. The first-order chi connectivity index (χ1) is 5.72. The SMILES string of the molecule is CCN=C(N)Cc1nc(C)cs1. The quantitative estimate of drug-likeness (QED) is 0.568. The first-order valence-corrected chi connectivity index (χ1v) is 4.80. The van der Waals surface area contributed by atoms with Gasteiger partial charge in [0.15, 0.2) is 0 Å². The molecule has 0 saturated heterocycles. The number of aryl methyl sites for hydroxylation is 1. The Labute approximate surface area is 76.4 Å². The average molecular weight is 183 g/mol. The van der Waals surface area contributed by atoms with Crippen LogP contribution in [-0.4, -0.2) is 17.4 Å². The van der Waals surface area contributed by atoms with E-state index < -0.39 is 0 Å². The Balaban J connectivity index is 2.58. The highest BCUT2D eigenvalue weighted by Crippen LogP contribution is 2.08. The topological polar surface area (TPSA) is 51.3 Å². The van der Waals surface area contributed by atoms with Crippen molar-refractivity contribution in [2.24, 2.45) is 10.7 Å². The van der Waals surface area contributed by atoms with Crippen molar-refractivity contribution in [1.82, 2.24) is 4.98 Å². The van der Waals surface area contributed by atoms with Gasteiger partial charge in [0.05, 0.1) is 6.42 Å². The van der Waals surface area contributed by atoms with Crippen molar-refractivity contribution in [3.05, 3.63) is 16.1 Å². The van der Waals surface area contributed by atoms with E-state index in [1.54, 1.807) is 11.3 Å². The highest BCUT2D eigenvalue weighted by atomic mass is 32.1. The molecule has 2 N–H and O–H groups in total. The molecule has 0 bridgehead atoms. The zero-order chi connectivity index (χ0) is 8.97. The van der Waals surface area contributed by atoms with Gasteiger partial charge < -0.3 is 5.73 Å². The molecule has 1 heterocycles. The Morgan fingerprint density at radius 3 is 3.00 bits per heavy atom. The van der Waals surface area contributed by atoms with Gasteiger partial charge in [-0.15, -0.1) is 11.3 Å². The van der Waals surface area contributed by atoms with E-state index in [-0.39, 0.29) is 0 Å². The first kappa shape index (κ1) is 9.19. The molecule has 66 valence electrons. The summed E-state index contributed by atoms with van der Waals surface area (Å²) in [5.74, 6) is 0.673. The molecule has 0 spiro atoms. The summed E-state index contributed by atoms with van der Waals surface area (Å²) in [6, 6.07) is 0. The van der Waals surface area contributed by atoms with E-state index in [4.69, 9.17) is 5.73 Å². The van der Waals surface area contributed by atoms with Gasteiger partial charge in [0.1, 0.15) is 10.8 Å². The number of amidine groups is 1. The Hall–Kier alpha value is -0.900. The summed E-state index contributed by atoms with van der Waals surface area (Å²) in [6.45, 7) is 4.70. The summed E-state index contributed by atoms with van der Waals surface area (Å²) in [5, 5.41) is 3.07. The van der Waals surface area contributed by atoms with Crippen LogP contribution in [0.2, 0.25) is 0 Å². The highest BCUT2D eigenvalue weighted by molar-refractivity contribution is 7.09. The molecule has 3 nitrogen and oxygen atoms in total. The van der Waals surface area contributed by atoms with Crippen molar-refractivity contribution < 1.29 is 0 Å². The number of aliphatic imine (C=N–C) groups is 1. The molecule has 0 aromatic carbocycles. The molecule has 0 radical (unpaired) electrons. The third-order valence-corrected chi connectivity index (χ3v) is 2.33. The minimum absolute atomic E-state index is 0.673. The first-order valence-electron chi connectivity index (χ1n) is 3.92.